The molecule has 2 N–H and O–H groups in total. The van der Waals surface area contributed by atoms with E-state index in [9.17, 15) is 9.59 Å². The van der Waals surface area contributed by atoms with Crippen molar-refractivity contribution >= 4 is 22.8 Å². The Bertz CT molecular complexity index is 195. The molecule has 0 radical (unpaired) electrons. The Morgan fingerprint density at radius 3 is 3.00 bits per heavy atom. The number of thioether (sulfide) groups is 1. The van der Waals surface area contributed by atoms with E-state index in [1.54, 1.807) is 0 Å². The van der Waals surface area contributed by atoms with Crippen LogP contribution < -0.4 is 5.32 Å². The van der Waals surface area contributed by atoms with Gasteiger partial charge in [-0.05, 0) is 0 Å². The van der Waals surface area contributed by atoms with Gasteiger partial charge in [0.15, 0.2) is 5.12 Å². The van der Waals surface area contributed by atoms with Crippen LogP contribution in [0.25, 0.3) is 0 Å². The van der Waals surface area contributed by atoms with Gasteiger partial charge >= 0.3 is 0 Å². The van der Waals surface area contributed by atoms with Gasteiger partial charge in [0, 0.05) is 18.7 Å². The number of rotatable bonds is 3. The molecule has 12 heavy (non-hydrogen) atoms. The molecule has 1 fully saturated rings. The summed E-state index contributed by atoms with van der Waals surface area (Å²) in [5.41, 5.74) is 0. The third kappa shape index (κ3) is 2.49. The van der Waals surface area contributed by atoms with E-state index >= 15 is 0 Å². The number of carbonyl (C=O) groups excluding carboxylic acids is 2. The van der Waals surface area contributed by atoms with Crippen LogP contribution in [0.3, 0.4) is 0 Å². The average Bonchev–Trinajstić information content (AvgIpc) is 2.47. The van der Waals surface area contributed by atoms with Crippen molar-refractivity contribution in [2.45, 2.75) is 6.42 Å². The first-order valence-electron chi connectivity index (χ1n) is 3.78. The maximum atomic E-state index is 11.2. The second kappa shape index (κ2) is 4.47. The van der Waals surface area contributed by atoms with Crippen molar-refractivity contribution in [2.75, 3.05) is 18.9 Å². The van der Waals surface area contributed by atoms with E-state index in [1.165, 1.54) is 11.8 Å². The second-order valence-corrected chi connectivity index (χ2v) is 3.68. The Kier molecular flexibility index (Phi) is 3.55. The summed E-state index contributed by atoms with van der Waals surface area (Å²) in [4.78, 5) is 21.9. The Hall–Kier alpha value is -0.550. The van der Waals surface area contributed by atoms with Crippen molar-refractivity contribution in [3.05, 3.63) is 0 Å². The molecule has 1 unspecified atom stereocenters. The van der Waals surface area contributed by atoms with Crippen LogP contribution >= 0.6 is 11.8 Å². The van der Waals surface area contributed by atoms with Gasteiger partial charge in [0.05, 0.1) is 12.5 Å². The second-order valence-electron chi connectivity index (χ2n) is 2.60. The summed E-state index contributed by atoms with van der Waals surface area (Å²) in [7, 11) is 0. The van der Waals surface area contributed by atoms with Crippen molar-refractivity contribution in [1.82, 2.24) is 5.32 Å². The smallest absolute Gasteiger partial charge is 0.224 e. The first-order valence-corrected chi connectivity index (χ1v) is 4.77. The summed E-state index contributed by atoms with van der Waals surface area (Å²) in [6.45, 7) is 0.216. The molecule has 1 heterocycles. The lowest BCUT2D eigenvalue weighted by Crippen LogP contribution is -2.32. The van der Waals surface area contributed by atoms with Gasteiger partial charge in [0.1, 0.15) is 0 Å². The molecule has 0 saturated carbocycles. The maximum absolute atomic E-state index is 11.2. The zero-order chi connectivity index (χ0) is 8.97. The molecule has 0 aromatic rings. The van der Waals surface area contributed by atoms with Gasteiger partial charge in [0.2, 0.25) is 5.91 Å². The lowest BCUT2D eigenvalue weighted by atomic mass is 10.1. The lowest BCUT2D eigenvalue weighted by molar-refractivity contribution is -0.126. The van der Waals surface area contributed by atoms with Gasteiger partial charge in [-0.3, -0.25) is 9.59 Å². The van der Waals surface area contributed by atoms with Crippen LogP contribution in [0.1, 0.15) is 6.42 Å². The Balaban J connectivity index is 2.28. The molecule has 0 aromatic heterocycles. The molecule has 0 aliphatic carbocycles. The molecule has 0 bridgehead atoms. The fraction of sp³-hybridized carbons (Fsp3) is 0.714. The SMILES string of the molecule is O=C1CC(C(=O)NCCO)CS1. The largest absolute Gasteiger partial charge is 0.395 e. The number of aliphatic hydroxyl groups excluding tert-OH is 1. The minimum Gasteiger partial charge on any atom is -0.395 e. The van der Waals surface area contributed by atoms with Crippen molar-refractivity contribution < 1.29 is 14.7 Å². The molecule has 1 saturated heterocycles. The molecule has 1 aliphatic rings. The number of amides is 1. The van der Waals surface area contributed by atoms with Crippen LogP contribution in [0.5, 0.6) is 0 Å². The predicted octanol–water partition coefficient (Wildman–Crippen LogP) is -0.625. The van der Waals surface area contributed by atoms with E-state index in [4.69, 9.17) is 5.11 Å². The molecular formula is C7H11NO3S. The van der Waals surface area contributed by atoms with Gasteiger partial charge in [-0.2, -0.15) is 0 Å². The highest BCUT2D eigenvalue weighted by molar-refractivity contribution is 8.14. The first-order chi connectivity index (χ1) is 5.74. The van der Waals surface area contributed by atoms with Gasteiger partial charge in [-0.15, -0.1) is 0 Å². The van der Waals surface area contributed by atoms with E-state index in [0.717, 1.165) is 0 Å². The summed E-state index contributed by atoms with van der Waals surface area (Å²) >= 11 is 1.20. The zero-order valence-electron chi connectivity index (χ0n) is 6.58. The molecule has 1 amide bonds. The van der Waals surface area contributed by atoms with Crippen LogP contribution in [-0.4, -0.2) is 35.0 Å². The molecule has 4 nitrogen and oxygen atoms in total. The van der Waals surface area contributed by atoms with Crippen LogP contribution in [0.4, 0.5) is 0 Å². The van der Waals surface area contributed by atoms with E-state index in [0.29, 0.717) is 12.2 Å². The number of hydrogen-bond acceptors (Lipinski definition) is 4. The number of hydrogen-bond donors (Lipinski definition) is 2. The van der Waals surface area contributed by atoms with Gasteiger partial charge in [-0.25, -0.2) is 0 Å². The quantitative estimate of drug-likeness (QED) is 0.620. The van der Waals surface area contributed by atoms with E-state index < -0.39 is 0 Å². The summed E-state index contributed by atoms with van der Waals surface area (Å²) in [6, 6.07) is 0. The predicted molar refractivity (Wildman–Crippen MR) is 45.7 cm³/mol. The molecule has 1 atom stereocenters. The molecule has 68 valence electrons. The normalized spacial score (nSPS) is 22.8. The molecular weight excluding hydrogens is 178 g/mol. The first kappa shape index (κ1) is 9.54. The summed E-state index contributed by atoms with van der Waals surface area (Å²) in [5.74, 6) is 0.271. The Labute approximate surface area is 74.7 Å². The fourth-order valence-electron chi connectivity index (χ4n) is 1.00. The maximum Gasteiger partial charge on any atom is 0.224 e. The van der Waals surface area contributed by atoms with Gasteiger partial charge in [0.25, 0.3) is 0 Å². The Morgan fingerprint density at radius 1 is 1.75 bits per heavy atom. The minimum absolute atomic E-state index is 0.0560. The van der Waals surface area contributed by atoms with Gasteiger partial charge < -0.3 is 10.4 Å². The van der Waals surface area contributed by atoms with E-state index in [2.05, 4.69) is 5.32 Å². The summed E-state index contributed by atoms with van der Waals surface area (Å²) in [6.07, 6.45) is 0.335. The Morgan fingerprint density at radius 2 is 2.50 bits per heavy atom. The molecule has 5 heteroatoms. The van der Waals surface area contributed by atoms with Gasteiger partial charge in [-0.1, -0.05) is 11.8 Å². The van der Waals surface area contributed by atoms with Crippen LogP contribution in [0.15, 0.2) is 0 Å². The number of aliphatic hydroxyl groups is 1. The number of carbonyl (C=O) groups is 2. The highest BCUT2D eigenvalue weighted by Gasteiger charge is 2.28. The molecule has 1 rings (SSSR count). The minimum atomic E-state index is -0.186. The summed E-state index contributed by atoms with van der Waals surface area (Å²) < 4.78 is 0. The van der Waals surface area contributed by atoms with E-state index in [-0.39, 0.29) is 30.1 Å². The fourth-order valence-corrected chi connectivity index (χ4v) is 1.98. The molecule has 0 aromatic carbocycles. The standard InChI is InChI=1S/C7H11NO3S/c9-2-1-8-7(11)5-3-6(10)12-4-5/h5,9H,1-4H2,(H,8,11). The van der Waals surface area contributed by atoms with Crippen LogP contribution in [-0.2, 0) is 9.59 Å². The lowest BCUT2D eigenvalue weighted by Gasteiger charge is -2.06. The van der Waals surface area contributed by atoms with Crippen molar-refractivity contribution in [1.29, 1.82) is 0 Å². The molecule has 0 spiro atoms. The third-order valence-electron chi connectivity index (χ3n) is 1.64. The monoisotopic (exact) mass is 189 g/mol. The number of nitrogens with one attached hydrogen (secondary N) is 1. The third-order valence-corrected chi connectivity index (χ3v) is 2.70. The molecule has 1 aliphatic heterocycles. The zero-order valence-corrected chi connectivity index (χ0v) is 7.39. The van der Waals surface area contributed by atoms with E-state index in [1.807, 2.05) is 0 Å². The van der Waals surface area contributed by atoms with Crippen molar-refractivity contribution in [3.63, 3.8) is 0 Å². The average molecular weight is 189 g/mol. The van der Waals surface area contributed by atoms with Crippen LogP contribution in [0, 0.1) is 5.92 Å². The topological polar surface area (TPSA) is 66.4 Å². The highest BCUT2D eigenvalue weighted by Crippen LogP contribution is 2.24. The van der Waals surface area contributed by atoms with Crippen molar-refractivity contribution in [3.8, 4) is 0 Å². The van der Waals surface area contributed by atoms with Crippen molar-refractivity contribution in [2.24, 2.45) is 5.92 Å². The highest BCUT2D eigenvalue weighted by atomic mass is 32.2. The van der Waals surface area contributed by atoms with Crippen LogP contribution in [0.2, 0.25) is 0 Å². The summed E-state index contributed by atoms with van der Waals surface area (Å²) in [5, 5.41) is 11.0.